The predicted molar refractivity (Wildman–Crippen MR) is 119 cm³/mol. The molecule has 1 fully saturated rings. The van der Waals surface area contributed by atoms with E-state index in [2.05, 4.69) is 4.90 Å². The molecule has 0 saturated carbocycles. The summed E-state index contributed by atoms with van der Waals surface area (Å²) in [4.78, 5) is 2.08. The van der Waals surface area contributed by atoms with Crippen molar-refractivity contribution in [3.8, 4) is 0 Å². The maximum atomic E-state index is 12.6. The lowest BCUT2D eigenvalue weighted by atomic mass is 10.1. The molecule has 1 aliphatic heterocycles. The highest BCUT2D eigenvalue weighted by Gasteiger charge is 2.27. The Balaban J connectivity index is 1.41. The van der Waals surface area contributed by atoms with Crippen LogP contribution < -0.4 is 0 Å². The first-order valence-electron chi connectivity index (χ1n) is 10.1. The van der Waals surface area contributed by atoms with Gasteiger partial charge in [-0.3, -0.25) is 4.90 Å². The summed E-state index contributed by atoms with van der Waals surface area (Å²) in [6.45, 7) is 4.67. The number of hydrogen-bond donors (Lipinski definition) is 1. The van der Waals surface area contributed by atoms with E-state index in [0.717, 1.165) is 11.1 Å². The van der Waals surface area contributed by atoms with E-state index in [0.29, 0.717) is 37.7 Å². The third kappa shape index (κ3) is 6.77. The normalized spacial score (nSPS) is 18.2. The van der Waals surface area contributed by atoms with Gasteiger partial charge in [-0.05, 0) is 30.2 Å². The second-order valence-electron chi connectivity index (χ2n) is 7.62. The zero-order valence-electron chi connectivity index (χ0n) is 17.2. The Morgan fingerprint density at radius 2 is 1.67 bits per heavy atom. The van der Waals surface area contributed by atoms with Crippen molar-refractivity contribution in [1.82, 2.24) is 9.21 Å². The van der Waals surface area contributed by atoms with Gasteiger partial charge in [0.2, 0.25) is 10.0 Å². The van der Waals surface area contributed by atoms with E-state index >= 15 is 0 Å². The summed E-state index contributed by atoms with van der Waals surface area (Å²) in [5, 5.41) is 11.0. The zero-order chi connectivity index (χ0) is 21.6. The summed E-state index contributed by atoms with van der Waals surface area (Å²) < 4.78 is 32.6. The molecule has 1 saturated heterocycles. The second kappa shape index (κ2) is 10.7. The molecule has 0 spiro atoms. The summed E-state index contributed by atoms with van der Waals surface area (Å²) in [5.74, 6) is 0.0207. The molecule has 0 unspecified atom stereocenters. The van der Waals surface area contributed by atoms with Crippen molar-refractivity contribution in [2.24, 2.45) is 0 Å². The van der Waals surface area contributed by atoms with Gasteiger partial charge in [-0.25, -0.2) is 8.42 Å². The lowest BCUT2D eigenvalue weighted by molar-refractivity contribution is -0.0186. The van der Waals surface area contributed by atoms with E-state index < -0.39 is 16.1 Å². The molecular weight excluding hydrogens is 424 g/mol. The van der Waals surface area contributed by atoms with Gasteiger partial charge in [-0.15, -0.1) is 0 Å². The van der Waals surface area contributed by atoms with Crippen LogP contribution in [0.4, 0.5) is 0 Å². The molecule has 3 rings (SSSR count). The number of sulfonamides is 1. The number of aliphatic hydroxyl groups is 1. The summed E-state index contributed by atoms with van der Waals surface area (Å²) in [6, 6.07) is 16.7. The third-order valence-electron chi connectivity index (χ3n) is 5.26. The Morgan fingerprint density at radius 1 is 1.03 bits per heavy atom. The molecule has 2 aromatic rings. The van der Waals surface area contributed by atoms with Crippen molar-refractivity contribution >= 4 is 21.6 Å². The smallest absolute Gasteiger partial charge is 0.218 e. The Bertz CT molecular complexity index is 885. The SMILES string of the molecule is C[C@H](OC[C@@H](O)CN1CCN(S(=O)(=O)Cc2ccccc2)CC1)c1ccc(Cl)cc1. The van der Waals surface area contributed by atoms with Gasteiger partial charge in [0.05, 0.1) is 24.6 Å². The average Bonchev–Trinajstić information content (AvgIpc) is 2.73. The Hall–Kier alpha value is -1.48. The fourth-order valence-corrected chi connectivity index (χ4v) is 5.14. The van der Waals surface area contributed by atoms with E-state index in [1.54, 1.807) is 4.31 Å². The van der Waals surface area contributed by atoms with Crippen LogP contribution in [-0.4, -0.2) is 68.2 Å². The molecule has 0 aliphatic carbocycles. The summed E-state index contributed by atoms with van der Waals surface area (Å²) >= 11 is 5.90. The molecule has 8 heteroatoms. The van der Waals surface area contributed by atoms with Gasteiger partial charge in [0.1, 0.15) is 0 Å². The van der Waals surface area contributed by atoms with Crippen LogP contribution in [0.25, 0.3) is 0 Å². The standard InChI is InChI=1S/C22H29ClN2O4S/c1-18(20-7-9-21(23)10-8-20)29-16-22(26)15-24-11-13-25(14-12-24)30(27,28)17-19-5-3-2-4-6-19/h2-10,18,22,26H,11-17H2,1H3/t18-,22-/m0/s1. The van der Waals surface area contributed by atoms with E-state index in [4.69, 9.17) is 16.3 Å². The van der Waals surface area contributed by atoms with E-state index in [-0.39, 0.29) is 18.5 Å². The monoisotopic (exact) mass is 452 g/mol. The predicted octanol–water partition coefficient (Wildman–Crippen LogP) is 2.93. The van der Waals surface area contributed by atoms with Gasteiger partial charge < -0.3 is 9.84 Å². The van der Waals surface area contributed by atoms with Gasteiger partial charge in [0.25, 0.3) is 0 Å². The molecule has 164 valence electrons. The molecule has 6 nitrogen and oxygen atoms in total. The molecule has 30 heavy (non-hydrogen) atoms. The number of rotatable bonds is 9. The number of ether oxygens (including phenoxy) is 1. The highest BCUT2D eigenvalue weighted by Crippen LogP contribution is 2.19. The molecule has 2 aromatic carbocycles. The molecule has 1 aliphatic rings. The van der Waals surface area contributed by atoms with Crippen LogP contribution in [0.1, 0.15) is 24.2 Å². The Kier molecular flexibility index (Phi) is 8.27. The number of nitrogens with zero attached hydrogens (tertiary/aromatic N) is 2. The van der Waals surface area contributed by atoms with Gasteiger partial charge >= 0.3 is 0 Å². The number of halogens is 1. The topological polar surface area (TPSA) is 70.1 Å². The van der Waals surface area contributed by atoms with Crippen molar-refractivity contribution in [3.05, 3.63) is 70.7 Å². The van der Waals surface area contributed by atoms with Crippen molar-refractivity contribution < 1.29 is 18.3 Å². The van der Waals surface area contributed by atoms with Crippen LogP contribution in [0.15, 0.2) is 54.6 Å². The molecule has 1 heterocycles. The quantitative estimate of drug-likeness (QED) is 0.633. The maximum Gasteiger partial charge on any atom is 0.218 e. The minimum absolute atomic E-state index is 0.0207. The van der Waals surface area contributed by atoms with Crippen LogP contribution in [0, 0.1) is 0 Å². The highest BCUT2D eigenvalue weighted by molar-refractivity contribution is 7.88. The minimum Gasteiger partial charge on any atom is -0.389 e. The van der Waals surface area contributed by atoms with Gasteiger partial charge in [-0.2, -0.15) is 4.31 Å². The van der Waals surface area contributed by atoms with Gasteiger partial charge in [-0.1, -0.05) is 54.1 Å². The zero-order valence-corrected chi connectivity index (χ0v) is 18.7. The van der Waals surface area contributed by atoms with Crippen molar-refractivity contribution in [3.63, 3.8) is 0 Å². The molecule has 0 amide bonds. The first-order valence-corrected chi connectivity index (χ1v) is 12.1. The fourth-order valence-electron chi connectivity index (χ4n) is 3.50. The summed E-state index contributed by atoms with van der Waals surface area (Å²) in [7, 11) is -3.33. The lowest BCUT2D eigenvalue weighted by Gasteiger charge is -2.35. The van der Waals surface area contributed by atoms with Gasteiger partial charge in [0.15, 0.2) is 0 Å². The Morgan fingerprint density at radius 3 is 2.30 bits per heavy atom. The minimum atomic E-state index is -3.33. The summed E-state index contributed by atoms with van der Waals surface area (Å²) in [5.41, 5.74) is 1.80. The average molecular weight is 453 g/mol. The van der Waals surface area contributed by atoms with E-state index in [1.807, 2.05) is 61.5 Å². The highest BCUT2D eigenvalue weighted by atomic mass is 35.5. The maximum absolute atomic E-state index is 12.6. The second-order valence-corrected chi connectivity index (χ2v) is 10.0. The number of aliphatic hydroxyl groups excluding tert-OH is 1. The van der Waals surface area contributed by atoms with Crippen LogP contribution in [0.2, 0.25) is 5.02 Å². The van der Waals surface area contributed by atoms with Crippen LogP contribution >= 0.6 is 11.6 Å². The van der Waals surface area contributed by atoms with Crippen LogP contribution in [0.5, 0.6) is 0 Å². The number of hydrogen-bond acceptors (Lipinski definition) is 5. The Labute approximate surface area is 184 Å². The summed E-state index contributed by atoms with van der Waals surface area (Å²) in [6.07, 6.45) is -0.774. The first-order chi connectivity index (χ1) is 14.3. The molecular formula is C22H29ClN2O4S. The van der Waals surface area contributed by atoms with Crippen molar-refractivity contribution in [2.45, 2.75) is 24.9 Å². The van der Waals surface area contributed by atoms with Gasteiger partial charge in [0, 0.05) is 37.7 Å². The first kappa shape index (κ1) is 23.2. The van der Waals surface area contributed by atoms with E-state index in [1.165, 1.54) is 0 Å². The third-order valence-corrected chi connectivity index (χ3v) is 7.37. The number of β-amino-alcohol motifs (C(OH)–C–C–N with tert-alkyl or cyclic N) is 1. The fraction of sp³-hybridized carbons (Fsp3) is 0.455. The largest absolute Gasteiger partial charge is 0.389 e. The van der Waals surface area contributed by atoms with Crippen molar-refractivity contribution in [2.75, 3.05) is 39.3 Å². The molecule has 0 bridgehead atoms. The van der Waals surface area contributed by atoms with E-state index in [9.17, 15) is 13.5 Å². The lowest BCUT2D eigenvalue weighted by Crippen LogP contribution is -2.51. The van der Waals surface area contributed by atoms with Crippen LogP contribution in [-0.2, 0) is 20.5 Å². The van der Waals surface area contributed by atoms with Crippen molar-refractivity contribution in [1.29, 1.82) is 0 Å². The molecule has 0 radical (unpaired) electrons. The molecule has 0 aromatic heterocycles. The molecule has 2 atom stereocenters. The number of piperazine rings is 1. The van der Waals surface area contributed by atoms with Crippen LogP contribution in [0.3, 0.4) is 0 Å². The molecule has 1 N–H and O–H groups in total. The number of benzene rings is 2.